The van der Waals surface area contributed by atoms with Crippen LogP contribution in [0.5, 0.6) is 5.88 Å². The molecule has 1 amide bonds. The summed E-state index contributed by atoms with van der Waals surface area (Å²) in [7, 11) is -2.12. The minimum Gasteiger partial charge on any atom is -0.466 e. The monoisotopic (exact) mass is 595 g/mol. The molecule has 0 spiro atoms. The van der Waals surface area contributed by atoms with Crippen molar-refractivity contribution in [3.05, 3.63) is 60.1 Å². The van der Waals surface area contributed by atoms with Gasteiger partial charge in [0, 0.05) is 37.1 Å². The van der Waals surface area contributed by atoms with Crippen LogP contribution in [0.2, 0.25) is 18.1 Å². The number of likely N-dealkylation sites (tertiary alicyclic amines) is 1. The number of halogens is 1. The number of piperidine rings is 1. The highest BCUT2D eigenvalue weighted by atomic mass is 28.4. The van der Waals surface area contributed by atoms with Crippen LogP contribution in [0.15, 0.2) is 42.9 Å². The quantitative estimate of drug-likeness (QED) is 0.250. The predicted octanol–water partition coefficient (Wildman–Crippen LogP) is 5.89. The standard InChI is InChI=1S/C29H38FN7O4Si/c1-19-27(33-34-37(19)22-9-12-35(13-10-22)28(38)39)20-15-25-31-11-14-36(25)26(16-20)41-24(23-8-7-21(30)17-32-23)18-40-42(5,6)29(2,3)4/h7-8,11,14-17,22,24H,9-10,12-13,18H2,1-6H3,(H,38,39). The summed E-state index contributed by atoms with van der Waals surface area (Å²) in [6, 6.07) is 6.88. The van der Waals surface area contributed by atoms with E-state index in [2.05, 4.69) is 54.1 Å². The second-order valence-electron chi connectivity index (χ2n) is 12.3. The molecule has 1 fully saturated rings. The number of ether oxygens (including phenoxy) is 1. The molecule has 1 N–H and O–H groups in total. The fourth-order valence-corrected chi connectivity index (χ4v) is 5.88. The van der Waals surface area contributed by atoms with Crippen molar-refractivity contribution < 1.29 is 23.5 Å². The van der Waals surface area contributed by atoms with E-state index in [9.17, 15) is 14.3 Å². The molecule has 11 nitrogen and oxygen atoms in total. The van der Waals surface area contributed by atoms with E-state index in [-0.39, 0.29) is 17.7 Å². The van der Waals surface area contributed by atoms with Crippen molar-refractivity contribution in [3.8, 4) is 17.1 Å². The lowest BCUT2D eigenvalue weighted by Crippen LogP contribution is -2.42. The molecule has 224 valence electrons. The van der Waals surface area contributed by atoms with E-state index < -0.39 is 26.3 Å². The molecule has 1 saturated heterocycles. The van der Waals surface area contributed by atoms with E-state index >= 15 is 0 Å². The van der Waals surface area contributed by atoms with Crippen LogP contribution in [-0.2, 0) is 4.43 Å². The summed E-state index contributed by atoms with van der Waals surface area (Å²) in [5, 5.41) is 18.3. The number of carboxylic acid groups (broad SMARTS) is 1. The predicted molar refractivity (Wildman–Crippen MR) is 158 cm³/mol. The number of imidazole rings is 1. The van der Waals surface area contributed by atoms with Gasteiger partial charge >= 0.3 is 6.09 Å². The Hall–Kier alpha value is -3.84. The van der Waals surface area contributed by atoms with Crippen molar-refractivity contribution in [1.82, 2.24) is 34.3 Å². The van der Waals surface area contributed by atoms with Gasteiger partial charge in [-0.15, -0.1) is 5.10 Å². The van der Waals surface area contributed by atoms with E-state index in [0.29, 0.717) is 48.8 Å². The molecule has 13 heteroatoms. The van der Waals surface area contributed by atoms with Gasteiger partial charge in [-0.05, 0) is 56.1 Å². The number of nitrogens with zero attached hydrogens (tertiary/aromatic N) is 7. The number of pyridine rings is 2. The van der Waals surface area contributed by atoms with E-state index in [1.807, 2.05) is 34.3 Å². The summed E-state index contributed by atoms with van der Waals surface area (Å²) in [6.45, 7) is 14.0. The molecule has 0 aliphatic carbocycles. The zero-order chi connectivity index (χ0) is 30.2. The lowest BCUT2D eigenvalue weighted by atomic mass is 10.0. The van der Waals surface area contributed by atoms with Crippen LogP contribution < -0.4 is 4.74 Å². The van der Waals surface area contributed by atoms with Gasteiger partial charge in [-0.2, -0.15) is 0 Å². The van der Waals surface area contributed by atoms with E-state index in [4.69, 9.17) is 9.16 Å². The van der Waals surface area contributed by atoms with Gasteiger partial charge in [0.25, 0.3) is 0 Å². The summed E-state index contributed by atoms with van der Waals surface area (Å²) in [4.78, 5) is 21.6. The summed E-state index contributed by atoms with van der Waals surface area (Å²) in [5.41, 5.74) is 3.58. The Morgan fingerprint density at radius 3 is 2.57 bits per heavy atom. The Morgan fingerprint density at radius 1 is 1.19 bits per heavy atom. The van der Waals surface area contributed by atoms with Gasteiger partial charge in [0.15, 0.2) is 14.4 Å². The number of carbonyl (C=O) groups is 1. The van der Waals surface area contributed by atoms with Gasteiger partial charge in [0.1, 0.15) is 17.2 Å². The minimum atomic E-state index is -2.12. The molecule has 1 aliphatic heterocycles. The van der Waals surface area contributed by atoms with E-state index in [0.717, 1.165) is 11.3 Å². The molecule has 0 bridgehead atoms. The molecule has 1 unspecified atom stereocenters. The van der Waals surface area contributed by atoms with Crippen molar-refractivity contribution >= 4 is 20.1 Å². The Kier molecular flexibility index (Phi) is 8.08. The minimum absolute atomic E-state index is 0.00109. The maximum Gasteiger partial charge on any atom is 0.407 e. The van der Waals surface area contributed by atoms with Gasteiger partial charge in [0.05, 0.1) is 30.2 Å². The molecule has 4 aromatic rings. The van der Waals surface area contributed by atoms with Crippen molar-refractivity contribution in [2.75, 3.05) is 19.7 Å². The van der Waals surface area contributed by atoms with Gasteiger partial charge < -0.3 is 19.2 Å². The maximum atomic E-state index is 13.8. The molecule has 0 saturated carbocycles. The zero-order valence-electron chi connectivity index (χ0n) is 24.9. The largest absolute Gasteiger partial charge is 0.466 e. The summed E-state index contributed by atoms with van der Waals surface area (Å²) in [6.07, 6.45) is 4.55. The number of fused-ring (bicyclic) bond motifs is 1. The first-order valence-corrected chi connectivity index (χ1v) is 17.0. The number of aromatic nitrogens is 6. The van der Waals surface area contributed by atoms with Crippen LogP contribution in [0.3, 0.4) is 0 Å². The van der Waals surface area contributed by atoms with Crippen LogP contribution >= 0.6 is 0 Å². The number of hydrogen-bond donors (Lipinski definition) is 1. The van der Waals surface area contributed by atoms with Crippen LogP contribution in [0, 0.1) is 12.7 Å². The SMILES string of the molecule is Cc1c(-c2cc(OC(CO[Si](C)(C)C(C)(C)C)c3ccc(F)cn3)n3ccnc3c2)nnn1C1CCN(C(=O)O)CC1. The fourth-order valence-electron chi connectivity index (χ4n) is 4.88. The Morgan fingerprint density at radius 2 is 1.93 bits per heavy atom. The summed E-state index contributed by atoms with van der Waals surface area (Å²) >= 11 is 0. The van der Waals surface area contributed by atoms with Gasteiger partial charge in [-0.1, -0.05) is 26.0 Å². The number of rotatable bonds is 8. The Labute approximate surface area is 245 Å². The van der Waals surface area contributed by atoms with Crippen LogP contribution in [0.4, 0.5) is 9.18 Å². The van der Waals surface area contributed by atoms with E-state index in [1.165, 1.54) is 17.2 Å². The lowest BCUT2D eigenvalue weighted by Gasteiger charge is -2.37. The first-order chi connectivity index (χ1) is 19.8. The third-order valence-corrected chi connectivity index (χ3v) is 13.0. The average molecular weight is 596 g/mol. The molecular formula is C29H38FN7O4Si. The highest BCUT2D eigenvalue weighted by Crippen LogP contribution is 2.38. The Bertz CT molecular complexity index is 1560. The molecule has 0 aromatic carbocycles. The van der Waals surface area contributed by atoms with Crippen molar-refractivity contribution in [2.24, 2.45) is 0 Å². The molecule has 1 atom stereocenters. The third-order valence-electron chi connectivity index (χ3n) is 8.50. The topological polar surface area (TPSA) is 120 Å². The highest BCUT2D eigenvalue weighted by Gasteiger charge is 2.38. The fraction of sp³-hybridized carbons (Fsp3) is 0.483. The molecule has 1 aliphatic rings. The second-order valence-corrected chi connectivity index (χ2v) is 17.1. The zero-order valence-corrected chi connectivity index (χ0v) is 25.9. The van der Waals surface area contributed by atoms with Crippen LogP contribution in [0.25, 0.3) is 16.9 Å². The van der Waals surface area contributed by atoms with Crippen molar-refractivity contribution in [2.45, 2.75) is 70.8 Å². The molecule has 0 radical (unpaired) electrons. The first-order valence-electron chi connectivity index (χ1n) is 14.1. The molecule has 5 heterocycles. The van der Waals surface area contributed by atoms with Gasteiger partial charge in [-0.3, -0.25) is 9.38 Å². The maximum absolute atomic E-state index is 13.8. The summed E-state index contributed by atoms with van der Waals surface area (Å²) in [5.74, 6) is 0.0904. The van der Waals surface area contributed by atoms with Crippen LogP contribution in [0.1, 0.15) is 57.1 Å². The third kappa shape index (κ3) is 6.02. The van der Waals surface area contributed by atoms with Gasteiger partial charge in [-0.25, -0.2) is 18.9 Å². The average Bonchev–Trinajstić information content (AvgIpc) is 3.57. The van der Waals surface area contributed by atoms with Crippen LogP contribution in [-0.4, -0.2) is 73.5 Å². The van der Waals surface area contributed by atoms with Crippen molar-refractivity contribution in [3.63, 3.8) is 0 Å². The number of amides is 1. The molecule has 4 aromatic heterocycles. The number of hydrogen-bond acceptors (Lipinski definition) is 7. The van der Waals surface area contributed by atoms with Crippen molar-refractivity contribution in [1.29, 1.82) is 0 Å². The first kappa shape index (κ1) is 29.6. The summed E-state index contributed by atoms with van der Waals surface area (Å²) < 4.78 is 30.6. The second kappa shape index (κ2) is 11.4. The highest BCUT2D eigenvalue weighted by molar-refractivity contribution is 6.74. The van der Waals surface area contributed by atoms with E-state index in [1.54, 1.807) is 12.3 Å². The lowest BCUT2D eigenvalue weighted by molar-refractivity contribution is 0.112. The smallest absolute Gasteiger partial charge is 0.407 e. The molecular weight excluding hydrogens is 557 g/mol. The normalized spacial score (nSPS) is 15.7. The molecule has 42 heavy (non-hydrogen) atoms. The Balaban J connectivity index is 1.46. The van der Waals surface area contributed by atoms with Gasteiger partial charge in [0.2, 0.25) is 5.88 Å². The molecule has 5 rings (SSSR count).